The molecule has 0 aliphatic carbocycles. The average Bonchev–Trinajstić information content (AvgIpc) is 2.38. The maximum atomic E-state index is 12.2. The molecule has 116 valence electrons. The van der Waals surface area contributed by atoms with Crippen LogP contribution in [0.25, 0.3) is 0 Å². The Labute approximate surface area is 124 Å². The fraction of sp³-hybridized carbons (Fsp3) is 0.385. The summed E-state index contributed by atoms with van der Waals surface area (Å²) in [5.74, 6) is -1.95. The number of hydrogen-bond donors (Lipinski definition) is 2. The summed E-state index contributed by atoms with van der Waals surface area (Å²) in [7, 11) is 0. The molecule has 0 saturated carbocycles. The Hall–Kier alpha value is -1.89. The van der Waals surface area contributed by atoms with Crippen molar-refractivity contribution in [1.29, 1.82) is 0 Å². The first kappa shape index (κ1) is 17.2. The molecule has 1 aromatic carbocycles. The van der Waals surface area contributed by atoms with Crippen LogP contribution in [-0.2, 0) is 9.59 Å². The van der Waals surface area contributed by atoms with E-state index in [1.54, 1.807) is 19.1 Å². The normalized spacial score (nSPS) is 12.0. The smallest absolute Gasteiger partial charge is 0.326 e. The van der Waals surface area contributed by atoms with Gasteiger partial charge in [0.25, 0.3) is 5.91 Å². The molecule has 1 unspecified atom stereocenters. The minimum Gasteiger partial charge on any atom is -0.484 e. The number of nitrogens with one attached hydrogen (secondary N) is 1. The first-order valence-corrected chi connectivity index (χ1v) is 6.36. The van der Waals surface area contributed by atoms with Gasteiger partial charge in [0.15, 0.2) is 6.61 Å². The number of amides is 1. The molecule has 0 radical (unpaired) electrons. The van der Waals surface area contributed by atoms with E-state index in [9.17, 15) is 18.4 Å². The van der Waals surface area contributed by atoms with Crippen molar-refractivity contribution in [2.45, 2.75) is 25.8 Å². The van der Waals surface area contributed by atoms with Crippen LogP contribution in [0, 0.1) is 6.92 Å². The predicted octanol–water partition coefficient (Wildman–Crippen LogP) is 2.25. The predicted molar refractivity (Wildman–Crippen MR) is 71.9 cm³/mol. The van der Waals surface area contributed by atoms with Crippen LogP contribution in [0.4, 0.5) is 8.78 Å². The van der Waals surface area contributed by atoms with Gasteiger partial charge in [-0.05, 0) is 30.7 Å². The highest BCUT2D eigenvalue weighted by Gasteiger charge is 2.24. The maximum absolute atomic E-state index is 12.2. The molecule has 0 aliphatic heterocycles. The molecule has 21 heavy (non-hydrogen) atoms. The topological polar surface area (TPSA) is 75.6 Å². The van der Waals surface area contributed by atoms with Gasteiger partial charge in [-0.1, -0.05) is 11.6 Å². The minimum atomic E-state index is -2.83. The molecule has 8 heteroatoms. The second-order valence-electron chi connectivity index (χ2n) is 4.28. The van der Waals surface area contributed by atoms with Crippen LogP contribution in [0.15, 0.2) is 18.2 Å². The number of aryl methyl sites for hydroxylation is 1. The zero-order valence-corrected chi connectivity index (χ0v) is 11.9. The molecule has 0 aromatic heterocycles. The monoisotopic (exact) mass is 321 g/mol. The molecule has 1 atom stereocenters. The summed E-state index contributed by atoms with van der Waals surface area (Å²) < 4.78 is 29.5. The maximum Gasteiger partial charge on any atom is 0.326 e. The third-order valence-corrected chi connectivity index (χ3v) is 2.97. The van der Waals surface area contributed by atoms with E-state index in [-0.39, 0.29) is 0 Å². The second kappa shape index (κ2) is 7.78. The Kier molecular flexibility index (Phi) is 6.36. The molecule has 0 fully saturated rings. The van der Waals surface area contributed by atoms with Crippen molar-refractivity contribution < 1.29 is 28.2 Å². The number of carboxylic acid groups (broad SMARTS) is 1. The van der Waals surface area contributed by atoms with Crippen molar-refractivity contribution in [3.8, 4) is 5.75 Å². The number of carboxylic acids is 1. The third-order valence-electron chi connectivity index (χ3n) is 2.55. The Morgan fingerprint density at radius 1 is 1.43 bits per heavy atom. The van der Waals surface area contributed by atoms with Gasteiger partial charge in [0.05, 0.1) is 0 Å². The summed E-state index contributed by atoms with van der Waals surface area (Å²) in [5, 5.41) is 11.2. The fourth-order valence-corrected chi connectivity index (χ4v) is 1.61. The number of rotatable bonds is 7. The number of halogens is 3. The lowest BCUT2D eigenvalue weighted by Gasteiger charge is -2.14. The molecule has 0 aliphatic rings. The van der Waals surface area contributed by atoms with E-state index < -0.39 is 37.4 Å². The molecular weight excluding hydrogens is 308 g/mol. The Bertz CT molecular complexity index is 525. The fourth-order valence-electron chi connectivity index (χ4n) is 1.49. The summed E-state index contributed by atoms with van der Waals surface area (Å²) in [6.45, 7) is 1.27. The first-order chi connectivity index (χ1) is 9.79. The van der Waals surface area contributed by atoms with Crippen molar-refractivity contribution in [3.05, 3.63) is 28.8 Å². The van der Waals surface area contributed by atoms with E-state index >= 15 is 0 Å². The van der Waals surface area contributed by atoms with Gasteiger partial charge in [0.2, 0.25) is 6.43 Å². The lowest BCUT2D eigenvalue weighted by Crippen LogP contribution is -2.44. The lowest BCUT2D eigenvalue weighted by molar-refractivity contribution is -0.143. The van der Waals surface area contributed by atoms with Gasteiger partial charge < -0.3 is 15.2 Å². The average molecular weight is 322 g/mol. The first-order valence-electron chi connectivity index (χ1n) is 5.99. The second-order valence-corrected chi connectivity index (χ2v) is 4.69. The van der Waals surface area contributed by atoms with E-state index in [2.05, 4.69) is 0 Å². The highest BCUT2D eigenvalue weighted by molar-refractivity contribution is 6.31. The van der Waals surface area contributed by atoms with Crippen LogP contribution in [0.5, 0.6) is 5.75 Å². The molecule has 1 rings (SSSR count). The Morgan fingerprint density at radius 3 is 2.62 bits per heavy atom. The number of alkyl halides is 2. The van der Waals surface area contributed by atoms with Gasteiger partial charge in [-0.2, -0.15) is 0 Å². The van der Waals surface area contributed by atoms with Crippen LogP contribution in [-0.4, -0.2) is 36.1 Å². The van der Waals surface area contributed by atoms with Gasteiger partial charge in [-0.15, -0.1) is 0 Å². The SMILES string of the molecule is Cc1cc(OCC(=O)NC(CC(F)F)C(=O)O)ccc1Cl. The van der Waals surface area contributed by atoms with Crippen molar-refractivity contribution in [2.75, 3.05) is 6.61 Å². The number of ether oxygens (including phenoxy) is 1. The van der Waals surface area contributed by atoms with Gasteiger partial charge in [0, 0.05) is 11.4 Å². The summed E-state index contributed by atoms with van der Waals surface area (Å²) in [6, 6.07) is 3.08. The van der Waals surface area contributed by atoms with Gasteiger partial charge in [-0.3, -0.25) is 4.79 Å². The number of benzene rings is 1. The number of aliphatic carboxylic acids is 1. The van der Waals surface area contributed by atoms with E-state index in [1.807, 2.05) is 5.32 Å². The molecule has 0 heterocycles. The Morgan fingerprint density at radius 2 is 2.10 bits per heavy atom. The summed E-state index contributed by atoms with van der Waals surface area (Å²) >= 11 is 5.82. The standard InChI is InChI=1S/C13H14ClF2NO4/c1-7-4-8(2-3-9(7)14)21-6-12(18)17-10(13(19)20)5-11(15)16/h2-4,10-11H,5-6H2,1H3,(H,17,18)(H,19,20). The molecule has 5 nitrogen and oxygen atoms in total. The van der Waals surface area contributed by atoms with E-state index in [0.717, 1.165) is 5.56 Å². The van der Waals surface area contributed by atoms with Crippen LogP contribution < -0.4 is 10.1 Å². The lowest BCUT2D eigenvalue weighted by atomic mass is 10.2. The molecule has 0 spiro atoms. The van der Waals surface area contributed by atoms with E-state index in [1.165, 1.54) is 6.07 Å². The summed E-state index contributed by atoms with van der Waals surface area (Å²) in [6.07, 6.45) is -3.78. The zero-order valence-electron chi connectivity index (χ0n) is 11.1. The van der Waals surface area contributed by atoms with Crippen molar-refractivity contribution in [1.82, 2.24) is 5.32 Å². The van der Waals surface area contributed by atoms with Gasteiger partial charge in [-0.25, -0.2) is 13.6 Å². The van der Waals surface area contributed by atoms with Crippen molar-refractivity contribution in [3.63, 3.8) is 0 Å². The summed E-state index contributed by atoms with van der Waals surface area (Å²) in [5.41, 5.74) is 0.746. The van der Waals surface area contributed by atoms with Crippen LogP contribution in [0.1, 0.15) is 12.0 Å². The number of carbonyl (C=O) groups is 2. The van der Waals surface area contributed by atoms with Crippen LogP contribution in [0.3, 0.4) is 0 Å². The Balaban J connectivity index is 2.52. The third kappa shape index (κ3) is 5.95. The number of hydrogen-bond acceptors (Lipinski definition) is 3. The summed E-state index contributed by atoms with van der Waals surface area (Å²) in [4.78, 5) is 22.2. The molecule has 1 aromatic rings. The quantitative estimate of drug-likeness (QED) is 0.807. The highest BCUT2D eigenvalue weighted by atomic mass is 35.5. The van der Waals surface area contributed by atoms with Crippen LogP contribution in [0.2, 0.25) is 5.02 Å². The van der Waals surface area contributed by atoms with E-state index in [0.29, 0.717) is 10.8 Å². The molecular formula is C13H14ClF2NO4. The largest absolute Gasteiger partial charge is 0.484 e. The van der Waals surface area contributed by atoms with E-state index in [4.69, 9.17) is 21.4 Å². The molecule has 0 saturated heterocycles. The molecule has 2 N–H and O–H groups in total. The molecule has 0 bridgehead atoms. The van der Waals surface area contributed by atoms with Crippen molar-refractivity contribution in [2.24, 2.45) is 0 Å². The van der Waals surface area contributed by atoms with Gasteiger partial charge >= 0.3 is 5.97 Å². The van der Waals surface area contributed by atoms with Crippen molar-refractivity contribution >= 4 is 23.5 Å². The molecule has 1 amide bonds. The number of carbonyl (C=O) groups excluding carboxylic acids is 1. The highest BCUT2D eigenvalue weighted by Crippen LogP contribution is 2.20. The zero-order chi connectivity index (χ0) is 16.0. The van der Waals surface area contributed by atoms with Gasteiger partial charge in [0.1, 0.15) is 11.8 Å². The minimum absolute atomic E-state index is 0.368. The van der Waals surface area contributed by atoms with Crippen LogP contribution >= 0.6 is 11.6 Å².